The molecule has 0 unspecified atom stereocenters. The number of nitrogens with one attached hydrogen (secondary N) is 3. The topological polar surface area (TPSA) is 48.5 Å². The largest absolute Gasteiger partial charge is 0.380 e. The maximum absolute atomic E-state index is 4.64. The molecule has 2 aromatic rings. The lowest BCUT2D eigenvalue weighted by atomic mass is 9.89. The van der Waals surface area contributed by atoms with Gasteiger partial charge in [0.15, 0.2) is 0 Å². The van der Waals surface area contributed by atoms with Gasteiger partial charge in [-0.15, -0.1) is 23.4 Å². The van der Waals surface area contributed by atoms with Crippen molar-refractivity contribution >= 4 is 41.0 Å². The van der Waals surface area contributed by atoms with Crippen molar-refractivity contribution in [1.82, 2.24) is 10.6 Å². The molecule has 0 atom stereocenters. The van der Waals surface area contributed by atoms with Crippen LogP contribution in [0.5, 0.6) is 0 Å². The van der Waals surface area contributed by atoms with Crippen LogP contribution >= 0.6 is 23.4 Å². The molecule has 2 aromatic carbocycles. The highest BCUT2D eigenvalue weighted by atomic mass is 35.5. The zero-order chi connectivity index (χ0) is 25.5. The Hall–Kier alpha value is -2.47. The van der Waals surface area contributed by atoms with E-state index in [0.717, 1.165) is 54.7 Å². The fourth-order valence-corrected chi connectivity index (χ4v) is 4.58. The Morgan fingerprint density at radius 3 is 2.60 bits per heavy atom. The number of piperidine rings is 1. The van der Waals surface area contributed by atoms with Crippen molar-refractivity contribution in [2.75, 3.05) is 31.0 Å². The summed E-state index contributed by atoms with van der Waals surface area (Å²) in [5.74, 6) is 1.50. The zero-order valence-corrected chi connectivity index (χ0v) is 22.8. The summed E-state index contributed by atoms with van der Waals surface area (Å²) in [6, 6.07) is 15.2. The molecule has 1 saturated heterocycles. The van der Waals surface area contributed by atoms with Crippen molar-refractivity contribution in [3.63, 3.8) is 0 Å². The van der Waals surface area contributed by atoms with Crippen LogP contribution in [0.3, 0.4) is 0 Å². The van der Waals surface area contributed by atoms with Gasteiger partial charge in [0.25, 0.3) is 0 Å². The van der Waals surface area contributed by atoms with Gasteiger partial charge in [0, 0.05) is 41.0 Å². The van der Waals surface area contributed by atoms with Crippen LogP contribution in [0, 0.1) is 5.92 Å². The van der Waals surface area contributed by atoms with Gasteiger partial charge in [-0.3, -0.25) is 0 Å². The SMILES string of the molecule is C=C/C=N\C(=C/C)NC(=C)c1ccccc1NCc1ccc(SC)cc1CC1CCNCC1.CCl. The molecule has 3 N–H and O–H groups in total. The van der Waals surface area contributed by atoms with Crippen molar-refractivity contribution in [2.24, 2.45) is 10.9 Å². The van der Waals surface area contributed by atoms with Crippen LogP contribution in [-0.4, -0.2) is 31.9 Å². The second kappa shape index (κ2) is 16.2. The molecule has 3 rings (SSSR count). The summed E-state index contributed by atoms with van der Waals surface area (Å²) >= 11 is 6.45. The average molecular weight is 511 g/mol. The molecule has 0 spiro atoms. The second-order valence-corrected chi connectivity index (χ2v) is 9.10. The molecular weight excluding hydrogens is 472 g/mol. The first-order valence-corrected chi connectivity index (χ1v) is 14.0. The molecule has 1 aliphatic heterocycles. The average Bonchev–Trinajstić information content (AvgIpc) is 2.92. The van der Waals surface area contributed by atoms with E-state index in [2.05, 4.69) is 88.4 Å². The molecule has 0 aliphatic carbocycles. The number of alkyl halides is 1. The molecular formula is C29H39ClN4S. The van der Waals surface area contributed by atoms with Crippen LogP contribution in [-0.2, 0) is 13.0 Å². The second-order valence-electron chi connectivity index (χ2n) is 8.22. The molecule has 6 heteroatoms. The van der Waals surface area contributed by atoms with E-state index >= 15 is 0 Å². The minimum absolute atomic E-state index is 0.742. The summed E-state index contributed by atoms with van der Waals surface area (Å²) in [4.78, 5) is 5.68. The Balaban J connectivity index is 0.00000210. The van der Waals surface area contributed by atoms with E-state index < -0.39 is 0 Å². The van der Waals surface area contributed by atoms with Crippen molar-refractivity contribution < 1.29 is 0 Å². The third-order valence-electron chi connectivity index (χ3n) is 5.97. The molecule has 0 saturated carbocycles. The van der Waals surface area contributed by atoms with Crippen molar-refractivity contribution in [2.45, 2.75) is 37.6 Å². The predicted molar refractivity (Wildman–Crippen MR) is 158 cm³/mol. The van der Waals surface area contributed by atoms with Gasteiger partial charge in [0.2, 0.25) is 0 Å². The van der Waals surface area contributed by atoms with E-state index in [1.165, 1.54) is 35.2 Å². The predicted octanol–water partition coefficient (Wildman–Crippen LogP) is 7.10. The van der Waals surface area contributed by atoms with Gasteiger partial charge in [-0.25, -0.2) is 4.99 Å². The Labute approximate surface area is 221 Å². The van der Waals surface area contributed by atoms with Crippen molar-refractivity contribution in [3.05, 3.63) is 90.3 Å². The van der Waals surface area contributed by atoms with Gasteiger partial charge in [0.1, 0.15) is 5.82 Å². The van der Waals surface area contributed by atoms with Gasteiger partial charge in [0.05, 0.1) is 0 Å². The first-order valence-electron chi connectivity index (χ1n) is 12.0. The summed E-state index contributed by atoms with van der Waals surface area (Å²) in [5.41, 5.74) is 5.72. The number of para-hydroxylation sites is 1. The number of nitrogens with zero attached hydrogens (tertiary/aromatic N) is 1. The van der Waals surface area contributed by atoms with E-state index in [4.69, 9.17) is 0 Å². The Kier molecular flexibility index (Phi) is 13.4. The molecule has 35 heavy (non-hydrogen) atoms. The van der Waals surface area contributed by atoms with Gasteiger partial charge in [-0.1, -0.05) is 43.5 Å². The van der Waals surface area contributed by atoms with Crippen LogP contribution in [0.25, 0.3) is 5.70 Å². The summed E-state index contributed by atoms with van der Waals surface area (Å²) in [7, 11) is 0. The lowest BCUT2D eigenvalue weighted by Gasteiger charge is -2.24. The lowest BCUT2D eigenvalue weighted by molar-refractivity contribution is 0.372. The van der Waals surface area contributed by atoms with E-state index in [9.17, 15) is 0 Å². The number of hydrogen-bond acceptors (Lipinski definition) is 5. The number of halogens is 1. The van der Waals surface area contributed by atoms with Crippen LogP contribution in [0.15, 0.2) is 83.5 Å². The molecule has 1 aliphatic rings. The minimum Gasteiger partial charge on any atom is -0.380 e. The molecule has 0 radical (unpaired) electrons. The Bertz CT molecular complexity index is 1010. The number of allylic oxidation sites excluding steroid dienone is 2. The van der Waals surface area contributed by atoms with E-state index in [1.54, 1.807) is 12.3 Å². The highest BCUT2D eigenvalue weighted by Gasteiger charge is 2.16. The maximum Gasteiger partial charge on any atom is 0.125 e. The lowest BCUT2D eigenvalue weighted by Crippen LogP contribution is -2.28. The molecule has 1 fully saturated rings. The van der Waals surface area contributed by atoms with Crippen LogP contribution in [0.4, 0.5) is 5.69 Å². The summed E-state index contributed by atoms with van der Waals surface area (Å²) in [5, 5.41) is 10.5. The van der Waals surface area contributed by atoms with Gasteiger partial charge in [-0.05, 0) is 86.9 Å². The first kappa shape index (κ1) is 28.8. The summed E-state index contributed by atoms with van der Waals surface area (Å²) < 4.78 is 0. The van der Waals surface area contributed by atoms with E-state index in [1.807, 2.05) is 30.8 Å². The highest BCUT2D eigenvalue weighted by Crippen LogP contribution is 2.27. The van der Waals surface area contributed by atoms with Crippen LogP contribution in [0.2, 0.25) is 0 Å². The fraction of sp³-hybridized carbons (Fsp3) is 0.345. The van der Waals surface area contributed by atoms with Gasteiger partial charge < -0.3 is 16.0 Å². The van der Waals surface area contributed by atoms with Crippen molar-refractivity contribution in [3.8, 4) is 0 Å². The third kappa shape index (κ3) is 9.25. The number of thioether (sulfide) groups is 1. The summed E-state index contributed by atoms with van der Waals surface area (Å²) in [6.45, 7) is 12.9. The molecule has 0 amide bonds. The molecule has 4 nitrogen and oxygen atoms in total. The number of anilines is 1. The zero-order valence-electron chi connectivity index (χ0n) is 21.2. The van der Waals surface area contributed by atoms with Gasteiger partial charge >= 0.3 is 0 Å². The van der Waals surface area contributed by atoms with E-state index in [-0.39, 0.29) is 0 Å². The van der Waals surface area contributed by atoms with Crippen LogP contribution < -0.4 is 16.0 Å². The normalized spacial score (nSPS) is 14.2. The first-order chi connectivity index (χ1) is 17.1. The molecule has 188 valence electrons. The monoisotopic (exact) mass is 510 g/mol. The quantitative estimate of drug-likeness (QED) is 0.171. The standard InChI is InChI=1S/C28H36N4S.CH3Cl/c1-5-15-30-28(6-2)32-21(3)26-9-7-8-10-27(26)31-20-23-11-12-25(33-4)19-24(23)18-22-13-16-29-17-14-22;1-2/h5-12,15,19,22,29,31-32H,1,3,13-14,16-18,20H2,2,4H3;1H3/b28-6+,30-15-;. The van der Waals surface area contributed by atoms with Crippen LogP contribution in [0.1, 0.15) is 36.5 Å². The van der Waals surface area contributed by atoms with E-state index in [0.29, 0.717) is 0 Å². The molecule has 0 aromatic heterocycles. The van der Waals surface area contributed by atoms with Gasteiger partial charge in [-0.2, -0.15) is 0 Å². The smallest absolute Gasteiger partial charge is 0.125 e. The fourth-order valence-electron chi connectivity index (χ4n) is 4.11. The van der Waals surface area contributed by atoms with Crippen molar-refractivity contribution in [1.29, 1.82) is 0 Å². The number of hydrogen-bond donors (Lipinski definition) is 3. The molecule has 0 bridgehead atoms. The highest BCUT2D eigenvalue weighted by molar-refractivity contribution is 7.98. The number of aliphatic imine (C=N–C) groups is 1. The Morgan fingerprint density at radius 2 is 1.91 bits per heavy atom. The summed E-state index contributed by atoms with van der Waals surface area (Å²) in [6.07, 6.45) is 12.5. The molecule has 1 heterocycles. The number of rotatable bonds is 11. The Morgan fingerprint density at radius 1 is 1.17 bits per heavy atom. The third-order valence-corrected chi connectivity index (χ3v) is 6.70. The number of benzene rings is 2. The maximum atomic E-state index is 4.64. The minimum atomic E-state index is 0.742.